The smallest absolute Gasteiger partial charge is 0.389 e. The predicted octanol–water partition coefficient (Wildman–Crippen LogP) is 8.63. The quantitative estimate of drug-likeness (QED) is 0.0142. The lowest BCUT2D eigenvalue weighted by Crippen LogP contribution is -2.45. The Kier molecular flexibility index (Phi) is 32.3. The fourth-order valence-electron chi connectivity index (χ4n) is 5.31. The number of likely N-dealkylation sites (N-methyl/N-ethyl adjacent to an activating group) is 1. The maximum atomic E-state index is 12.8. The number of phosphoric acid groups is 1. The highest BCUT2D eigenvalue weighted by Gasteiger charge is 2.27. The van der Waals surface area contributed by atoms with Crippen LogP contribution in [0.15, 0.2) is 60.8 Å². The zero-order chi connectivity index (χ0) is 39.6. The molecule has 0 saturated heterocycles. The molecule has 0 rings (SSSR count). The normalized spacial score (nSPS) is 16.3. The minimum atomic E-state index is -4.40. The molecule has 0 aliphatic heterocycles. The van der Waals surface area contributed by atoms with E-state index in [4.69, 9.17) is 9.05 Å². The summed E-state index contributed by atoms with van der Waals surface area (Å²) < 4.78 is 23.4. The zero-order valence-corrected chi connectivity index (χ0v) is 34.8. The minimum absolute atomic E-state index is 0.0158. The van der Waals surface area contributed by atoms with E-state index in [0.29, 0.717) is 23.9 Å². The molecule has 0 aliphatic carbocycles. The number of carbonyl (C=O) groups is 1. The molecular weight excluding hydrogens is 691 g/mol. The Morgan fingerprint density at radius 2 is 1.23 bits per heavy atom. The van der Waals surface area contributed by atoms with Crippen molar-refractivity contribution in [1.29, 1.82) is 0 Å². The van der Waals surface area contributed by atoms with Crippen molar-refractivity contribution in [2.75, 3.05) is 40.9 Å². The van der Waals surface area contributed by atoms with Crippen molar-refractivity contribution in [3.63, 3.8) is 0 Å². The van der Waals surface area contributed by atoms with E-state index in [-0.39, 0.29) is 18.9 Å². The number of unbranched alkanes of at least 4 members (excludes halogenated alkanes) is 12. The number of amides is 1. The van der Waals surface area contributed by atoms with Crippen LogP contribution in [0.3, 0.4) is 0 Å². The highest BCUT2D eigenvalue weighted by Crippen LogP contribution is 2.43. The number of aliphatic hydroxyl groups excluding tert-OH is 3. The molecule has 0 aromatic heterocycles. The fraction of sp³-hybridized carbons (Fsp3) is 0.738. The molecule has 53 heavy (non-hydrogen) atoms. The summed E-state index contributed by atoms with van der Waals surface area (Å²) in [4.78, 5) is 23.0. The molecule has 5 atom stereocenters. The third-order valence-corrected chi connectivity index (χ3v) is 9.67. The van der Waals surface area contributed by atoms with Crippen LogP contribution in [0.1, 0.15) is 136 Å². The summed E-state index contributed by atoms with van der Waals surface area (Å²) in [7, 11) is 1.41. The molecule has 0 fully saturated rings. The van der Waals surface area contributed by atoms with Gasteiger partial charge in [-0.3, -0.25) is 13.8 Å². The lowest BCUT2D eigenvalue weighted by Gasteiger charge is -2.25. The van der Waals surface area contributed by atoms with Crippen LogP contribution < -0.4 is 5.32 Å². The number of phosphoric ester groups is 1. The molecule has 0 aromatic rings. The number of allylic oxidation sites excluding steroid dienone is 7. The first-order chi connectivity index (χ1) is 25.3. The van der Waals surface area contributed by atoms with Crippen LogP contribution in [0.4, 0.5) is 0 Å². The molecule has 0 heterocycles. The van der Waals surface area contributed by atoms with E-state index in [9.17, 15) is 29.6 Å². The highest BCUT2D eigenvalue weighted by molar-refractivity contribution is 7.47. The molecule has 1 unspecified atom stereocenters. The van der Waals surface area contributed by atoms with Crippen molar-refractivity contribution in [3.8, 4) is 0 Å². The standard InChI is InChI=1S/C42H77N2O8P/c1-6-8-10-11-12-13-14-15-16-20-23-27-33-41(47)40(37-52-53(49,50)51-36-35-44(3,4)5)43-42(48)34-28-32-39(46)31-26-22-19-17-18-21-25-30-38(45)29-24-9-7-2/h18-19,21-22,25-27,30-31,33,38-41,45-47H,6-17,20,23-24,28-29,32,34-37H2,1-5H3,(H-,43,48,49,50)/p+1/b21-18-,22-19-,30-25+,31-26+,33-27+/t38-,39-,40+,41-/m1/s1. The van der Waals surface area contributed by atoms with Gasteiger partial charge >= 0.3 is 7.82 Å². The predicted molar refractivity (Wildman–Crippen MR) is 219 cm³/mol. The van der Waals surface area contributed by atoms with Crippen LogP contribution in [0.5, 0.6) is 0 Å². The number of aliphatic hydroxyl groups is 3. The van der Waals surface area contributed by atoms with Crippen LogP contribution >= 0.6 is 7.82 Å². The number of nitrogens with zero attached hydrogens (tertiary/aromatic N) is 1. The van der Waals surface area contributed by atoms with Crippen molar-refractivity contribution in [2.24, 2.45) is 0 Å². The molecule has 10 nitrogen and oxygen atoms in total. The number of nitrogens with one attached hydrogen (secondary N) is 1. The average molecular weight is 770 g/mol. The molecule has 0 radical (unpaired) electrons. The summed E-state index contributed by atoms with van der Waals surface area (Å²) in [6.45, 7) is 4.48. The van der Waals surface area contributed by atoms with Crippen molar-refractivity contribution < 1.29 is 43.1 Å². The lowest BCUT2D eigenvalue weighted by atomic mass is 10.1. The minimum Gasteiger partial charge on any atom is -0.389 e. The van der Waals surface area contributed by atoms with E-state index in [1.807, 2.05) is 57.6 Å². The third-order valence-electron chi connectivity index (χ3n) is 8.69. The molecule has 0 bridgehead atoms. The Morgan fingerprint density at radius 1 is 0.698 bits per heavy atom. The van der Waals surface area contributed by atoms with Gasteiger partial charge in [0, 0.05) is 6.42 Å². The van der Waals surface area contributed by atoms with E-state index < -0.39 is 38.8 Å². The molecule has 0 spiro atoms. The van der Waals surface area contributed by atoms with Gasteiger partial charge in [-0.15, -0.1) is 0 Å². The van der Waals surface area contributed by atoms with Crippen LogP contribution in [0.25, 0.3) is 0 Å². The maximum absolute atomic E-state index is 12.8. The van der Waals surface area contributed by atoms with Gasteiger partial charge in [-0.05, 0) is 38.5 Å². The van der Waals surface area contributed by atoms with Gasteiger partial charge in [0.15, 0.2) is 0 Å². The zero-order valence-electron chi connectivity index (χ0n) is 34.0. The van der Waals surface area contributed by atoms with Gasteiger partial charge in [-0.2, -0.15) is 0 Å². The Morgan fingerprint density at radius 3 is 1.79 bits per heavy atom. The summed E-state index contributed by atoms with van der Waals surface area (Å²) in [6.07, 6.45) is 34.9. The molecule has 11 heteroatoms. The van der Waals surface area contributed by atoms with Gasteiger partial charge in [0.2, 0.25) is 5.91 Å². The number of hydrogen-bond acceptors (Lipinski definition) is 7. The van der Waals surface area contributed by atoms with Gasteiger partial charge in [0.05, 0.1) is 52.1 Å². The number of carbonyl (C=O) groups excluding carboxylic acids is 1. The second kappa shape index (κ2) is 33.5. The van der Waals surface area contributed by atoms with Crippen molar-refractivity contribution in [2.45, 2.75) is 160 Å². The summed E-state index contributed by atoms with van der Waals surface area (Å²) in [5, 5.41) is 33.9. The molecular formula is C42H78N2O8P+. The fourth-order valence-corrected chi connectivity index (χ4v) is 6.05. The molecule has 0 aliphatic rings. The summed E-state index contributed by atoms with van der Waals surface area (Å²) in [5.74, 6) is -0.357. The topological polar surface area (TPSA) is 146 Å². The van der Waals surface area contributed by atoms with E-state index in [1.165, 1.54) is 51.4 Å². The summed E-state index contributed by atoms with van der Waals surface area (Å²) in [6, 6.07) is -0.954. The second-order valence-corrected chi connectivity index (χ2v) is 16.5. The lowest BCUT2D eigenvalue weighted by molar-refractivity contribution is -0.870. The number of quaternary nitrogens is 1. The molecule has 0 saturated carbocycles. The summed E-state index contributed by atoms with van der Waals surface area (Å²) in [5.41, 5.74) is 0. The SMILES string of the molecule is CCCCCCCCCCCC/C=C/[C@@H](O)[C@H](COP(=O)(O)OCC[N+](C)(C)C)NC(=O)CCC[C@H](O)/C=C/C=C\C/C=C\C=C\[C@H](O)CCCCC. The average Bonchev–Trinajstić information content (AvgIpc) is 3.09. The molecule has 1 amide bonds. The van der Waals surface area contributed by atoms with Crippen molar-refractivity contribution in [1.82, 2.24) is 5.32 Å². The van der Waals surface area contributed by atoms with Crippen molar-refractivity contribution >= 4 is 13.7 Å². The van der Waals surface area contributed by atoms with Gasteiger partial charge in [0.25, 0.3) is 0 Å². The Balaban J connectivity index is 4.77. The van der Waals surface area contributed by atoms with Gasteiger partial charge in [-0.1, -0.05) is 152 Å². The largest absolute Gasteiger partial charge is 0.472 e. The monoisotopic (exact) mass is 770 g/mol. The Labute approximate surface area is 323 Å². The van der Waals surface area contributed by atoms with E-state index >= 15 is 0 Å². The Bertz CT molecular complexity index is 1090. The van der Waals surface area contributed by atoms with E-state index in [0.717, 1.165) is 51.4 Å². The first kappa shape index (κ1) is 51.1. The third kappa shape index (κ3) is 35.6. The second-order valence-electron chi connectivity index (χ2n) is 15.1. The highest BCUT2D eigenvalue weighted by atomic mass is 31.2. The van der Waals surface area contributed by atoms with Crippen molar-refractivity contribution in [3.05, 3.63) is 60.8 Å². The Hall–Kier alpha value is -1.88. The van der Waals surface area contributed by atoms with E-state index in [1.54, 1.807) is 24.3 Å². The van der Waals surface area contributed by atoms with Gasteiger partial charge in [-0.25, -0.2) is 4.57 Å². The van der Waals surface area contributed by atoms with Crippen LogP contribution in [0, 0.1) is 0 Å². The van der Waals surface area contributed by atoms with Crippen LogP contribution in [-0.2, 0) is 18.4 Å². The maximum Gasteiger partial charge on any atom is 0.472 e. The van der Waals surface area contributed by atoms with Gasteiger partial charge < -0.3 is 30.0 Å². The number of rotatable bonds is 35. The first-order valence-corrected chi connectivity index (χ1v) is 21.9. The molecule has 308 valence electrons. The van der Waals surface area contributed by atoms with Crippen LogP contribution in [0.2, 0.25) is 0 Å². The van der Waals surface area contributed by atoms with E-state index in [2.05, 4.69) is 19.2 Å². The molecule has 0 aromatic carbocycles. The molecule has 5 N–H and O–H groups in total. The number of hydrogen-bond donors (Lipinski definition) is 5. The van der Waals surface area contributed by atoms with Crippen LogP contribution in [-0.4, -0.2) is 95.9 Å². The first-order valence-electron chi connectivity index (χ1n) is 20.4. The van der Waals surface area contributed by atoms with Gasteiger partial charge in [0.1, 0.15) is 13.2 Å². The summed E-state index contributed by atoms with van der Waals surface area (Å²) >= 11 is 0.